The third-order valence-electron chi connectivity index (χ3n) is 7.81. The van der Waals surface area contributed by atoms with Crippen LogP contribution in [0, 0.1) is 11.8 Å². The van der Waals surface area contributed by atoms with E-state index in [0.717, 1.165) is 6.54 Å². The first kappa shape index (κ1) is 34.8. The van der Waals surface area contributed by atoms with Crippen LogP contribution >= 0.6 is 0 Å². The van der Waals surface area contributed by atoms with Crippen molar-refractivity contribution in [2.24, 2.45) is 11.8 Å². The third-order valence-corrected chi connectivity index (χ3v) is 7.81. The minimum absolute atomic E-state index is 0.0547. The van der Waals surface area contributed by atoms with Gasteiger partial charge in [-0.05, 0) is 30.9 Å². The van der Waals surface area contributed by atoms with Crippen LogP contribution in [0.2, 0.25) is 0 Å². The maximum absolute atomic E-state index is 13.8. The van der Waals surface area contributed by atoms with Gasteiger partial charge >= 0.3 is 0 Å². The Bertz CT molecular complexity index is 1170. The van der Waals surface area contributed by atoms with Gasteiger partial charge in [0.15, 0.2) is 0 Å². The minimum atomic E-state index is -1.18. The van der Waals surface area contributed by atoms with E-state index in [9.17, 15) is 24.0 Å². The molecule has 2 aliphatic heterocycles. The number of piperazine rings is 1. The van der Waals surface area contributed by atoms with Crippen molar-refractivity contribution in [3.05, 3.63) is 29.8 Å². The summed E-state index contributed by atoms with van der Waals surface area (Å²) in [5, 5.41) is 11.2. The molecule has 13 heteroatoms. The Labute approximate surface area is 259 Å². The van der Waals surface area contributed by atoms with Gasteiger partial charge in [0.25, 0.3) is 5.91 Å². The molecule has 3 rings (SSSR count). The molecule has 2 aliphatic rings. The molecule has 0 aromatic heterocycles. The number of rotatable bonds is 6. The maximum Gasteiger partial charge on any atom is 0.255 e. The van der Waals surface area contributed by atoms with Crippen LogP contribution in [-0.4, -0.2) is 117 Å². The smallest absolute Gasteiger partial charge is 0.255 e. The quantitative estimate of drug-likeness (QED) is 0.352. The van der Waals surface area contributed by atoms with E-state index in [1.807, 2.05) is 13.8 Å². The second kappa shape index (κ2) is 16.4. The van der Waals surface area contributed by atoms with Crippen molar-refractivity contribution in [2.75, 3.05) is 53.0 Å². The van der Waals surface area contributed by atoms with Crippen LogP contribution < -0.4 is 26.0 Å². The number of para-hydroxylation sites is 1. The lowest BCUT2D eigenvalue weighted by atomic mass is 9.99. The fraction of sp³-hybridized carbons (Fsp3) is 0.645. The summed E-state index contributed by atoms with van der Waals surface area (Å²) < 4.78 is 11.1. The Morgan fingerprint density at radius 1 is 0.909 bits per heavy atom. The van der Waals surface area contributed by atoms with Crippen LogP contribution in [0.25, 0.3) is 0 Å². The van der Waals surface area contributed by atoms with E-state index in [1.165, 1.54) is 0 Å². The van der Waals surface area contributed by atoms with E-state index in [4.69, 9.17) is 9.47 Å². The number of nitrogens with zero attached hydrogens (tertiary/aromatic N) is 2. The maximum atomic E-state index is 13.8. The number of methoxy groups -OCH3 is 1. The fourth-order valence-corrected chi connectivity index (χ4v) is 5.17. The van der Waals surface area contributed by atoms with Crippen LogP contribution in [0.15, 0.2) is 24.3 Å². The van der Waals surface area contributed by atoms with Crippen molar-refractivity contribution < 1.29 is 33.4 Å². The first-order chi connectivity index (χ1) is 20.9. The molecule has 1 aromatic carbocycles. The molecule has 0 saturated carbocycles. The molecule has 1 fully saturated rings. The highest BCUT2D eigenvalue weighted by atomic mass is 16.5. The van der Waals surface area contributed by atoms with Crippen LogP contribution in [0.3, 0.4) is 0 Å². The SMILES string of the molecule is COCCN1CCN(C(=O)[C@@H]2CC(=O)N[C@@H](C(C)C)C(=O)N[C@H](C(C)C)C(=O)N[C@@H](C)COc3ccccc3C(=O)N2)CC1. The lowest BCUT2D eigenvalue weighted by Crippen LogP contribution is -2.59. The number of benzene rings is 1. The normalized spacial score (nSPS) is 24.9. The Balaban J connectivity index is 1.92. The molecule has 0 unspecified atom stereocenters. The van der Waals surface area contributed by atoms with Gasteiger partial charge in [-0.2, -0.15) is 0 Å². The molecule has 0 bridgehead atoms. The van der Waals surface area contributed by atoms with E-state index in [0.29, 0.717) is 32.8 Å². The van der Waals surface area contributed by atoms with Gasteiger partial charge < -0.3 is 35.6 Å². The predicted octanol–water partition coefficient (Wildman–Crippen LogP) is 0.144. The highest BCUT2D eigenvalue weighted by molar-refractivity contribution is 6.01. The minimum Gasteiger partial charge on any atom is -0.491 e. The average molecular weight is 617 g/mol. The molecule has 4 atom stereocenters. The largest absolute Gasteiger partial charge is 0.491 e. The molecule has 2 heterocycles. The highest BCUT2D eigenvalue weighted by Crippen LogP contribution is 2.19. The molecule has 244 valence electrons. The lowest BCUT2D eigenvalue weighted by Gasteiger charge is -2.36. The second-order valence-corrected chi connectivity index (χ2v) is 12.1. The molecule has 44 heavy (non-hydrogen) atoms. The van der Waals surface area contributed by atoms with E-state index < -0.39 is 41.9 Å². The van der Waals surface area contributed by atoms with Gasteiger partial charge in [0.2, 0.25) is 23.6 Å². The summed E-state index contributed by atoms with van der Waals surface area (Å²) in [5.74, 6) is -2.73. The predicted molar refractivity (Wildman–Crippen MR) is 164 cm³/mol. The fourth-order valence-electron chi connectivity index (χ4n) is 5.17. The molecule has 0 aliphatic carbocycles. The zero-order valence-corrected chi connectivity index (χ0v) is 26.7. The van der Waals surface area contributed by atoms with Gasteiger partial charge in [-0.25, -0.2) is 0 Å². The molecule has 0 radical (unpaired) electrons. The van der Waals surface area contributed by atoms with Gasteiger partial charge in [-0.15, -0.1) is 0 Å². The molecule has 4 N–H and O–H groups in total. The lowest BCUT2D eigenvalue weighted by molar-refractivity contribution is -0.138. The van der Waals surface area contributed by atoms with E-state index in [1.54, 1.807) is 57.0 Å². The Kier molecular flexibility index (Phi) is 13.0. The number of ether oxygens (including phenoxy) is 2. The van der Waals surface area contributed by atoms with Crippen molar-refractivity contribution in [3.63, 3.8) is 0 Å². The summed E-state index contributed by atoms with van der Waals surface area (Å²) in [5.41, 5.74) is 0.190. The number of hydrogen-bond donors (Lipinski definition) is 4. The second-order valence-electron chi connectivity index (χ2n) is 12.1. The molecular weight excluding hydrogens is 568 g/mol. The average Bonchev–Trinajstić information content (AvgIpc) is 2.99. The molecular formula is C31H48N6O7. The highest BCUT2D eigenvalue weighted by Gasteiger charge is 2.35. The molecule has 1 aromatic rings. The zero-order valence-electron chi connectivity index (χ0n) is 26.7. The molecule has 0 spiro atoms. The Hall–Kier alpha value is -3.71. The summed E-state index contributed by atoms with van der Waals surface area (Å²) in [6.07, 6.45) is -0.376. The number of carbonyl (C=O) groups excluding carboxylic acids is 5. The summed E-state index contributed by atoms with van der Waals surface area (Å²) in [4.78, 5) is 71.1. The van der Waals surface area contributed by atoms with E-state index in [-0.39, 0.29) is 48.0 Å². The number of amides is 5. The van der Waals surface area contributed by atoms with Crippen molar-refractivity contribution in [2.45, 2.75) is 65.2 Å². The van der Waals surface area contributed by atoms with Gasteiger partial charge in [0, 0.05) is 39.8 Å². The molecule has 1 saturated heterocycles. The van der Waals surface area contributed by atoms with Crippen LogP contribution in [0.5, 0.6) is 5.75 Å². The van der Waals surface area contributed by atoms with Crippen molar-refractivity contribution >= 4 is 29.5 Å². The first-order valence-electron chi connectivity index (χ1n) is 15.3. The summed E-state index contributed by atoms with van der Waals surface area (Å²) in [7, 11) is 1.64. The van der Waals surface area contributed by atoms with Crippen LogP contribution in [-0.2, 0) is 23.9 Å². The number of carbonyl (C=O) groups is 5. The number of hydrogen-bond acceptors (Lipinski definition) is 8. The van der Waals surface area contributed by atoms with Crippen LogP contribution in [0.1, 0.15) is 51.4 Å². The van der Waals surface area contributed by atoms with Gasteiger partial charge in [0.05, 0.1) is 24.6 Å². The Morgan fingerprint density at radius 2 is 1.52 bits per heavy atom. The molecule has 13 nitrogen and oxygen atoms in total. The van der Waals surface area contributed by atoms with Gasteiger partial charge in [0.1, 0.15) is 30.5 Å². The molecule has 5 amide bonds. The summed E-state index contributed by atoms with van der Waals surface area (Å²) in [6, 6.07) is 3.14. The van der Waals surface area contributed by atoms with Crippen LogP contribution in [0.4, 0.5) is 0 Å². The summed E-state index contributed by atoms with van der Waals surface area (Å²) in [6.45, 7) is 12.5. The van der Waals surface area contributed by atoms with Gasteiger partial charge in [-0.3, -0.25) is 28.9 Å². The standard InChI is InChI=1S/C31H48N6O7/c1-19(2)26-30(41)35-27(20(3)4)29(40)32-21(5)18-44-24-10-8-7-9-22(24)28(39)33-23(17-25(38)34-26)31(42)37-13-11-36(12-14-37)15-16-43-6/h7-10,19-21,23,26-27H,11-18H2,1-6H3,(H,32,40)(H,33,39)(H,34,38)(H,35,41)/t21-,23-,26-,27+/m0/s1. The topological polar surface area (TPSA) is 158 Å². The first-order valence-corrected chi connectivity index (χ1v) is 15.3. The third kappa shape index (κ3) is 9.65. The zero-order chi connectivity index (χ0) is 32.4. The number of fused-ring (bicyclic) bond motifs is 1. The van der Waals surface area contributed by atoms with Crippen molar-refractivity contribution in [1.29, 1.82) is 0 Å². The van der Waals surface area contributed by atoms with E-state index >= 15 is 0 Å². The van der Waals surface area contributed by atoms with Crippen molar-refractivity contribution in [3.8, 4) is 5.75 Å². The number of nitrogens with one attached hydrogen (secondary N) is 4. The summed E-state index contributed by atoms with van der Waals surface area (Å²) >= 11 is 0. The monoisotopic (exact) mass is 616 g/mol. The van der Waals surface area contributed by atoms with Gasteiger partial charge in [-0.1, -0.05) is 39.8 Å². The Morgan fingerprint density at radius 3 is 2.16 bits per heavy atom. The van der Waals surface area contributed by atoms with E-state index in [2.05, 4.69) is 26.2 Å². The van der Waals surface area contributed by atoms with Crippen molar-refractivity contribution in [1.82, 2.24) is 31.1 Å².